The second kappa shape index (κ2) is 12.3. The van der Waals surface area contributed by atoms with Crippen LogP contribution in [0.25, 0.3) is 0 Å². The summed E-state index contributed by atoms with van der Waals surface area (Å²) in [7, 11) is 0. The number of hydrogen-bond acceptors (Lipinski definition) is 8. The van der Waals surface area contributed by atoms with Gasteiger partial charge < -0.3 is 14.0 Å². The van der Waals surface area contributed by atoms with Crippen molar-refractivity contribution in [2.24, 2.45) is 0 Å². The molecule has 9 heteroatoms. The molecule has 0 aliphatic heterocycles. The van der Waals surface area contributed by atoms with E-state index in [1.807, 2.05) is 6.92 Å². The first-order valence-electron chi connectivity index (χ1n) is 6.09. The summed E-state index contributed by atoms with van der Waals surface area (Å²) in [6.07, 6.45) is 2.23. The molecule has 0 saturated carbocycles. The van der Waals surface area contributed by atoms with Gasteiger partial charge in [-0.3, -0.25) is 0 Å². The van der Waals surface area contributed by atoms with Gasteiger partial charge in [0.25, 0.3) is 0 Å². The van der Waals surface area contributed by atoms with Crippen LogP contribution in [0.3, 0.4) is 0 Å². The Hall–Kier alpha value is -0.270. The lowest BCUT2D eigenvalue weighted by atomic mass is 10.6. The van der Waals surface area contributed by atoms with E-state index in [0.717, 1.165) is 12.2 Å². The molecule has 0 fully saturated rings. The fourth-order valence-corrected chi connectivity index (χ4v) is 9.04. The summed E-state index contributed by atoms with van der Waals surface area (Å²) in [5, 5.41) is 0. The smallest absolute Gasteiger partial charge is 0.330 e. The SMILES string of the molecule is C=CC(=O)OCCSP(=S)(OCC)SCCOC(=O)C=C. The van der Waals surface area contributed by atoms with E-state index in [2.05, 4.69) is 13.2 Å². The number of carbonyl (C=O) groups is 2. The molecule has 0 heterocycles. The summed E-state index contributed by atoms with van der Waals surface area (Å²) < 4.78 is 13.3. The van der Waals surface area contributed by atoms with Gasteiger partial charge in [-0.05, 0) is 18.7 Å². The molecule has 0 atom stereocenters. The highest BCUT2D eigenvalue weighted by Gasteiger charge is 2.19. The number of rotatable bonds is 12. The van der Waals surface area contributed by atoms with Gasteiger partial charge in [-0.25, -0.2) is 9.59 Å². The average molecular weight is 370 g/mol. The van der Waals surface area contributed by atoms with E-state index >= 15 is 0 Å². The molecule has 0 aromatic carbocycles. The normalized spacial score (nSPS) is 10.7. The molecule has 0 aliphatic carbocycles. The van der Waals surface area contributed by atoms with E-state index in [4.69, 9.17) is 25.8 Å². The predicted octanol–water partition coefficient (Wildman–Crippen LogP) is 3.17. The topological polar surface area (TPSA) is 61.8 Å². The van der Waals surface area contributed by atoms with Crippen LogP contribution < -0.4 is 0 Å². The summed E-state index contributed by atoms with van der Waals surface area (Å²) in [4.78, 5) is 21.8. The Morgan fingerprint density at radius 2 is 1.52 bits per heavy atom. The van der Waals surface area contributed by atoms with Crippen molar-refractivity contribution < 1.29 is 23.6 Å². The van der Waals surface area contributed by atoms with Gasteiger partial charge in [0.15, 0.2) is 4.67 Å². The molecule has 0 aromatic heterocycles. The molecule has 0 saturated heterocycles. The first-order chi connectivity index (χ1) is 9.97. The third-order valence-electron chi connectivity index (χ3n) is 1.77. The van der Waals surface area contributed by atoms with E-state index in [9.17, 15) is 9.59 Å². The van der Waals surface area contributed by atoms with Gasteiger partial charge in [-0.15, -0.1) is 0 Å². The molecule has 0 bridgehead atoms. The highest BCUT2D eigenvalue weighted by Crippen LogP contribution is 2.69. The Bertz CT molecular complexity index is 382. The summed E-state index contributed by atoms with van der Waals surface area (Å²) in [5.41, 5.74) is 0. The Labute approximate surface area is 138 Å². The molecule has 0 amide bonds. The van der Waals surface area contributed by atoms with Gasteiger partial charge in [0, 0.05) is 23.7 Å². The first-order valence-corrected chi connectivity index (χ1v) is 12.0. The molecule has 21 heavy (non-hydrogen) atoms. The molecular weight excluding hydrogens is 351 g/mol. The molecule has 0 N–H and O–H groups in total. The van der Waals surface area contributed by atoms with Crippen LogP contribution in [-0.2, 0) is 35.4 Å². The van der Waals surface area contributed by atoms with Crippen molar-refractivity contribution in [2.45, 2.75) is 6.92 Å². The van der Waals surface area contributed by atoms with E-state index in [1.165, 1.54) is 22.8 Å². The minimum absolute atomic E-state index is 0.257. The fourth-order valence-electron chi connectivity index (χ4n) is 0.970. The van der Waals surface area contributed by atoms with Crippen LogP contribution in [0.2, 0.25) is 0 Å². The lowest BCUT2D eigenvalue weighted by Crippen LogP contribution is -2.04. The maximum Gasteiger partial charge on any atom is 0.330 e. The van der Waals surface area contributed by atoms with E-state index < -0.39 is 16.6 Å². The summed E-state index contributed by atoms with van der Waals surface area (Å²) in [6, 6.07) is 0. The van der Waals surface area contributed by atoms with E-state index in [0.29, 0.717) is 18.1 Å². The Morgan fingerprint density at radius 3 is 1.86 bits per heavy atom. The van der Waals surface area contributed by atoms with Crippen LogP contribution >= 0.6 is 27.4 Å². The van der Waals surface area contributed by atoms with E-state index in [1.54, 1.807) is 0 Å². The standard InChI is InChI=1S/C12H19O5PS3/c1-4-11(13)15-7-9-20-18(19,17-6-3)21-10-8-16-12(14)5-2/h4-5H,1-2,6-10H2,3H3. The third kappa shape index (κ3) is 11.0. The number of carbonyl (C=O) groups excluding carboxylic acids is 2. The second-order valence-electron chi connectivity index (χ2n) is 3.27. The van der Waals surface area contributed by atoms with Crippen LogP contribution in [0.15, 0.2) is 25.3 Å². The molecule has 0 aliphatic rings. The minimum Gasteiger partial charge on any atom is -0.462 e. The van der Waals surface area contributed by atoms with Crippen LogP contribution in [0, 0.1) is 0 Å². The molecule has 0 aromatic rings. The van der Waals surface area contributed by atoms with Crippen LogP contribution in [0.4, 0.5) is 0 Å². The van der Waals surface area contributed by atoms with Crippen LogP contribution in [-0.4, -0.2) is 43.3 Å². The second-order valence-corrected chi connectivity index (χ2v) is 14.0. The Morgan fingerprint density at radius 1 is 1.10 bits per heavy atom. The van der Waals surface area contributed by atoms with Gasteiger partial charge in [0.05, 0.1) is 6.61 Å². The van der Waals surface area contributed by atoms with Gasteiger partial charge in [0.2, 0.25) is 0 Å². The van der Waals surface area contributed by atoms with Gasteiger partial charge in [-0.1, -0.05) is 35.9 Å². The zero-order chi connectivity index (χ0) is 16.1. The predicted molar refractivity (Wildman–Crippen MR) is 93.1 cm³/mol. The zero-order valence-corrected chi connectivity index (χ0v) is 15.2. The minimum atomic E-state index is -2.12. The maximum absolute atomic E-state index is 10.9. The number of hydrogen-bond donors (Lipinski definition) is 0. The van der Waals surface area contributed by atoms with E-state index in [-0.39, 0.29) is 13.2 Å². The molecular formula is C12H19O5PS3. The zero-order valence-electron chi connectivity index (χ0n) is 11.8. The van der Waals surface area contributed by atoms with Crippen molar-refractivity contribution in [2.75, 3.05) is 31.3 Å². The van der Waals surface area contributed by atoms with Crippen LogP contribution in [0.1, 0.15) is 6.92 Å². The highest BCUT2D eigenvalue weighted by atomic mass is 33.2. The quantitative estimate of drug-likeness (QED) is 0.225. The van der Waals surface area contributed by atoms with Crippen molar-refractivity contribution in [1.82, 2.24) is 0 Å². The van der Waals surface area contributed by atoms with Crippen molar-refractivity contribution in [1.29, 1.82) is 0 Å². The van der Waals surface area contributed by atoms with Crippen LogP contribution in [0.5, 0.6) is 0 Å². The summed E-state index contributed by atoms with van der Waals surface area (Å²) in [6.45, 7) is 9.53. The van der Waals surface area contributed by atoms with Crippen molar-refractivity contribution >= 4 is 51.2 Å². The molecule has 0 rings (SSSR count). The molecule has 0 spiro atoms. The average Bonchev–Trinajstić information content (AvgIpc) is 2.48. The third-order valence-corrected chi connectivity index (χ3v) is 11.4. The molecule has 0 radical (unpaired) electrons. The lowest BCUT2D eigenvalue weighted by Gasteiger charge is -2.19. The lowest BCUT2D eigenvalue weighted by molar-refractivity contribution is -0.138. The number of ether oxygens (including phenoxy) is 2. The van der Waals surface area contributed by atoms with Crippen molar-refractivity contribution in [3.05, 3.63) is 25.3 Å². The summed E-state index contributed by atoms with van der Waals surface area (Å²) >= 11 is 8.43. The van der Waals surface area contributed by atoms with Gasteiger partial charge in [0.1, 0.15) is 13.2 Å². The largest absolute Gasteiger partial charge is 0.462 e. The molecule has 0 unspecified atom stereocenters. The fraction of sp³-hybridized carbons (Fsp3) is 0.500. The summed E-state index contributed by atoms with van der Waals surface area (Å²) in [5.74, 6) is 0.195. The Kier molecular flexibility index (Phi) is 12.1. The molecule has 5 nitrogen and oxygen atoms in total. The Balaban J connectivity index is 4.07. The van der Waals surface area contributed by atoms with Gasteiger partial charge >= 0.3 is 11.9 Å². The monoisotopic (exact) mass is 370 g/mol. The van der Waals surface area contributed by atoms with Crippen molar-refractivity contribution in [3.8, 4) is 0 Å². The van der Waals surface area contributed by atoms with Gasteiger partial charge in [-0.2, -0.15) is 0 Å². The first kappa shape index (κ1) is 20.7. The number of esters is 2. The maximum atomic E-state index is 10.9. The van der Waals surface area contributed by atoms with Crippen molar-refractivity contribution in [3.63, 3.8) is 0 Å². The highest BCUT2D eigenvalue weighted by molar-refractivity contribution is 8.99. The molecule has 120 valence electrons.